The first-order valence-electron chi connectivity index (χ1n) is 7.93. The second-order valence-corrected chi connectivity index (χ2v) is 7.68. The summed E-state index contributed by atoms with van der Waals surface area (Å²) in [7, 11) is 0. The van der Waals surface area contributed by atoms with Crippen LogP contribution in [0.2, 0.25) is 0 Å². The van der Waals surface area contributed by atoms with Crippen molar-refractivity contribution in [2.45, 2.75) is 13.8 Å². The van der Waals surface area contributed by atoms with E-state index in [0.717, 1.165) is 33.1 Å². The number of rotatable bonds is 2. The summed E-state index contributed by atoms with van der Waals surface area (Å²) in [5.41, 5.74) is 6.10. The summed E-state index contributed by atoms with van der Waals surface area (Å²) in [5, 5.41) is 10.7. The molecule has 3 nitrogen and oxygen atoms in total. The second kappa shape index (κ2) is 6.10. The zero-order valence-electron chi connectivity index (χ0n) is 13.9. The molecule has 124 valence electrons. The average molecular weight is 364 g/mol. The van der Waals surface area contributed by atoms with Crippen molar-refractivity contribution in [2.24, 2.45) is 4.99 Å². The maximum Gasteiger partial charge on any atom is 0.215 e. The van der Waals surface area contributed by atoms with Gasteiger partial charge in [-0.15, -0.1) is 11.3 Å². The first-order chi connectivity index (χ1) is 12.0. The molecule has 1 aliphatic rings. The summed E-state index contributed by atoms with van der Waals surface area (Å²) < 4.78 is 2.32. The molecule has 4 rings (SSSR count). The molecule has 0 saturated heterocycles. The Morgan fingerprint density at radius 2 is 1.88 bits per heavy atom. The van der Waals surface area contributed by atoms with E-state index in [1.807, 2.05) is 49.4 Å². The standard InChI is InChI=1S/C20H16N2OS2/c1-12-8-9-17-16(10-12)15(13(2)21-17)11-18-19(23)22(20(24)25-18)14-6-4-3-5-7-14/h3-11,23H,1-2H3/b15-11-. The molecule has 1 N–H and O–H groups in total. The van der Waals surface area contributed by atoms with E-state index in [1.165, 1.54) is 16.9 Å². The molecule has 25 heavy (non-hydrogen) atoms. The third kappa shape index (κ3) is 2.75. The van der Waals surface area contributed by atoms with Crippen LogP contribution in [-0.4, -0.2) is 15.4 Å². The molecule has 0 saturated carbocycles. The highest BCUT2D eigenvalue weighted by Gasteiger charge is 2.20. The summed E-state index contributed by atoms with van der Waals surface area (Å²) >= 11 is 6.87. The number of aryl methyl sites for hydroxylation is 1. The van der Waals surface area contributed by atoms with Gasteiger partial charge in [0.15, 0.2) is 3.95 Å². The van der Waals surface area contributed by atoms with Crippen molar-refractivity contribution < 1.29 is 5.11 Å². The number of hydrogen-bond acceptors (Lipinski definition) is 4. The fourth-order valence-electron chi connectivity index (χ4n) is 2.99. The Labute approximate surface area is 155 Å². The number of benzene rings is 2. The first kappa shape index (κ1) is 16.0. The van der Waals surface area contributed by atoms with E-state index in [4.69, 9.17) is 12.2 Å². The number of para-hydroxylation sites is 1. The van der Waals surface area contributed by atoms with Crippen LogP contribution in [0.1, 0.15) is 22.9 Å². The van der Waals surface area contributed by atoms with Gasteiger partial charge in [0.05, 0.1) is 16.3 Å². The topological polar surface area (TPSA) is 37.5 Å². The van der Waals surface area contributed by atoms with Crippen LogP contribution in [0.3, 0.4) is 0 Å². The van der Waals surface area contributed by atoms with Crippen molar-refractivity contribution in [1.29, 1.82) is 0 Å². The van der Waals surface area contributed by atoms with Gasteiger partial charge in [0.2, 0.25) is 5.88 Å². The Bertz CT molecular complexity index is 1090. The zero-order chi connectivity index (χ0) is 17.6. The molecule has 0 unspecified atom stereocenters. The van der Waals surface area contributed by atoms with Gasteiger partial charge in [-0.05, 0) is 56.4 Å². The second-order valence-electron chi connectivity index (χ2n) is 6.00. The van der Waals surface area contributed by atoms with E-state index < -0.39 is 0 Å². The van der Waals surface area contributed by atoms with Gasteiger partial charge in [0.1, 0.15) is 0 Å². The van der Waals surface area contributed by atoms with E-state index in [0.29, 0.717) is 3.95 Å². The average Bonchev–Trinajstić information content (AvgIpc) is 3.05. The summed E-state index contributed by atoms with van der Waals surface area (Å²) in [5.74, 6) is 0.169. The fraction of sp³-hybridized carbons (Fsp3) is 0.100. The van der Waals surface area contributed by atoms with Gasteiger partial charge in [0, 0.05) is 16.8 Å². The lowest BCUT2D eigenvalue weighted by atomic mass is 10.0. The van der Waals surface area contributed by atoms with Gasteiger partial charge in [0.25, 0.3) is 0 Å². The Morgan fingerprint density at radius 1 is 1.12 bits per heavy atom. The largest absolute Gasteiger partial charge is 0.493 e. The predicted molar refractivity (Wildman–Crippen MR) is 108 cm³/mol. The molecule has 0 bridgehead atoms. The maximum absolute atomic E-state index is 10.7. The Balaban J connectivity index is 1.86. The van der Waals surface area contributed by atoms with Gasteiger partial charge in [-0.3, -0.25) is 9.56 Å². The summed E-state index contributed by atoms with van der Waals surface area (Å²) in [6, 6.07) is 15.9. The van der Waals surface area contributed by atoms with Crippen LogP contribution in [-0.2, 0) is 0 Å². The first-order valence-corrected chi connectivity index (χ1v) is 9.15. The monoisotopic (exact) mass is 364 g/mol. The van der Waals surface area contributed by atoms with Crippen LogP contribution < -0.4 is 0 Å². The zero-order valence-corrected chi connectivity index (χ0v) is 15.5. The number of thiazole rings is 1. The van der Waals surface area contributed by atoms with Crippen molar-refractivity contribution in [2.75, 3.05) is 0 Å². The highest BCUT2D eigenvalue weighted by Crippen LogP contribution is 2.39. The molecule has 0 spiro atoms. The quantitative estimate of drug-likeness (QED) is 0.572. The number of fused-ring (bicyclic) bond motifs is 1. The Morgan fingerprint density at radius 3 is 2.64 bits per heavy atom. The highest BCUT2D eigenvalue weighted by molar-refractivity contribution is 7.73. The molecule has 0 radical (unpaired) electrons. The molecule has 1 aromatic heterocycles. The number of aliphatic imine (C=N–C) groups is 1. The van der Waals surface area contributed by atoms with Crippen LogP contribution in [0.25, 0.3) is 17.3 Å². The van der Waals surface area contributed by atoms with Crippen molar-refractivity contribution in [3.8, 4) is 11.6 Å². The van der Waals surface area contributed by atoms with Gasteiger partial charge >= 0.3 is 0 Å². The molecule has 2 heterocycles. The summed E-state index contributed by atoms with van der Waals surface area (Å²) in [6.45, 7) is 4.06. The van der Waals surface area contributed by atoms with Crippen molar-refractivity contribution in [1.82, 2.24) is 4.57 Å². The Kier molecular flexibility index (Phi) is 3.90. The smallest absolute Gasteiger partial charge is 0.215 e. The Hall–Kier alpha value is -2.50. The maximum atomic E-state index is 10.7. The van der Waals surface area contributed by atoms with E-state index in [2.05, 4.69) is 24.0 Å². The van der Waals surface area contributed by atoms with Crippen LogP contribution >= 0.6 is 23.6 Å². The van der Waals surface area contributed by atoms with Gasteiger partial charge in [-0.1, -0.05) is 29.8 Å². The lowest BCUT2D eigenvalue weighted by molar-refractivity contribution is 0.441. The number of allylic oxidation sites excluding steroid dienone is 1. The minimum absolute atomic E-state index is 0.169. The van der Waals surface area contributed by atoms with E-state index in [-0.39, 0.29) is 5.88 Å². The summed E-state index contributed by atoms with van der Waals surface area (Å²) in [6.07, 6.45) is 1.99. The van der Waals surface area contributed by atoms with Crippen LogP contribution in [0.15, 0.2) is 53.5 Å². The normalized spacial score (nSPS) is 14.6. The van der Waals surface area contributed by atoms with E-state index >= 15 is 0 Å². The van der Waals surface area contributed by atoms with Crippen LogP contribution in [0, 0.1) is 10.9 Å². The van der Waals surface area contributed by atoms with Gasteiger partial charge in [-0.2, -0.15) is 0 Å². The molecule has 0 amide bonds. The minimum atomic E-state index is 0.169. The van der Waals surface area contributed by atoms with Crippen molar-refractivity contribution >= 4 is 46.6 Å². The van der Waals surface area contributed by atoms with Crippen LogP contribution in [0.5, 0.6) is 5.88 Å². The highest BCUT2D eigenvalue weighted by atomic mass is 32.1. The lowest BCUT2D eigenvalue weighted by Crippen LogP contribution is -1.93. The molecule has 5 heteroatoms. The molecule has 0 aliphatic carbocycles. The predicted octanol–water partition coefficient (Wildman–Crippen LogP) is 5.93. The number of nitrogens with zero attached hydrogens (tertiary/aromatic N) is 2. The molecule has 2 aromatic carbocycles. The molecular weight excluding hydrogens is 348 g/mol. The minimum Gasteiger partial charge on any atom is -0.493 e. The van der Waals surface area contributed by atoms with Crippen molar-refractivity contribution in [3.63, 3.8) is 0 Å². The third-order valence-electron chi connectivity index (χ3n) is 4.22. The molecule has 3 aromatic rings. The van der Waals surface area contributed by atoms with Gasteiger partial charge in [-0.25, -0.2) is 0 Å². The lowest BCUT2D eigenvalue weighted by Gasteiger charge is -2.05. The van der Waals surface area contributed by atoms with Crippen LogP contribution in [0.4, 0.5) is 5.69 Å². The van der Waals surface area contributed by atoms with Crippen molar-refractivity contribution in [3.05, 3.63) is 68.5 Å². The van der Waals surface area contributed by atoms with Gasteiger partial charge < -0.3 is 5.11 Å². The number of aromatic nitrogens is 1. The molecule has 1 aliphatic heterocycles. The SMILES string of the molecule is CC1=Nc2ccc(C)cc2/C1=C\c1sc(=S)n(-c2ccccc2)c1O. The molecule has 0 atom stereocenters. The molecule has 0 fully saturated rings. The van der Waals surface area contributed by atoms with E-state index in [9.17, 15) is 5.11 Å². The van der Waals surface area contributed by atoms with E-state index in [1.54, 1.807) is 4.57 Å². The fourth-order valence-corrected chi connectivity index (χ4v) is 4.28. The summed E-state index contributed by atoms with van der Waals surface area (Å²) in [4.78, 5) is 5.37. The molecular formula is C20H16N2OS2. The number of aromatic hydroxyl groups is 1. The number of hydrogen-bond donors (Lipinski definition) is 1. The third-order valence-corrected chi connectivity index (χ3v) is 5.53.